The third kappa shape index (κ3) is 3.65. The molecule has 0 atom stereocenters. The van der Waals surface area contributed by atoms with Gasteiger partial charge in [-0.05, 0) is 6.07 Å². The molecule has 1 aromatic rings. The molecule has 0 aliphatic heterocycles. The molecule has 7 nitrogen and oxygen atoms in total. The average molecular weight is 265 g/mol. The molecule has 0 heterocycles. The van der Waals surface area contributed by atoms with Crippen LogP contribution in [0.5, 0.6) is 11.5 Å². The monoisotopic (exact) mass is 265 g/mol. The van der Waals surface area contributed by atoms with E-state index in [-0.39, 0.29) is 62.9 Å². The van der Waals surface area contributed by atoms with E-state index in [1.165, 1.54) is 14.2 Å². The predicted molar refractivity (Wildman–Crippen MR) is 50.5 cm³/mol. The zero-order valence-corrected chi connectivity index (χ0v) is 12.7. The number of nitrogens with zero attached hydrogens (tertiary/aromatic N) is 1. The summed E-state index contributed by atoms with van der Waals surface area (Å²) in [5, 5.41) is 21.3. The van der Waals surface area contributed by atoms with Gasteiger partial charge in [0.05, 0.1) is 36.7 Å². The van der Waals surface area contributed by atoms with Crippen molar-refractivity contribution >= 4 is 11.7 Å². The van der Waals surface area contributed by atoms with Crippen molar-refractivity contribution in [3.8, 4) is 11.5 Å². The maximum absolute atomic E-state index is 10.7. The first-order chi connectivity index (χ1) is 7.51. The first kappa shape index (κ1) is 16.3. The van der Waals surface area contributed by atoms with Crippen LogP contribution in [0.2, 0.25) is 0 Å². The smallest absolute Gasteiger partial charge is 0.545 e. The van der Waals surface area contributed by atoms with E-state index in [0.717, 1.165) is 12.1 Å². The first-order valence-corrected chi connectivity index (χ1v) is 4.13. The molecule has 1 rings (SSSR count). The molecular weight excluding hydrogens is 257 g/mol. The van der Waals surface area contributed by atoms with Gasteiger partial charge >= 0.3 is 51.4 Å². The van der Waals surface area contributed by atoms with E-state index < -0.39 is 22.1 Å². The van der Waals surface area contributed by atoms with Crippen molar-refractivity contribution in [2.24, 2.45) is 0 Å². The molecular formula is C9H8KNO6. The van der Waals surface area contributed by atoms with Crippen LogP contribution in [-0.2, 0) is 0 Å². The van der Waals surface area contributed by atoms with Crippen molar-refractivity contribution in [2.45, 2.75) is 0 Å². The molecule has 0 saturated heterocycles. The summed E-state index contributed by atoms with van der Waals surface area (Å²) in [6.07, 6.45) is 0. The van der Waals surface area contributed by atoms with Crippen molar-refractivity contribution in [1.29, 1.82) is 0 Å². The molecule has 0 amide bonds. The molecule has 0 aliphatic carbocycles. The van der Waals surface area contributed by atoms with E-state index in [1.54, 1.807) is 0 Å². The Morgan fingerprint density at radius 1 is 1.24 bits per heavy atom. The van der Waals surface area contributed by atoms with E-state index in [4.69, 9.17) is 9.47 Å². The fourth-order valence-corrected chi connectivity index (χ4v) is 1.18. The van der Waals surface area contributed by atoms with Gasteiger partial charge in [0.2, 0.25) is 0 Å². The second kappa shape index (κ2) is 6.92. The molecule has 0 aromatic heterocycles. The van der Waals surface area contributed by atoms with Gasteiger partial charge in [-0.2, -0.15) is 0 Å². The summed E-state index contributed by atoms with van der Waals surface area (Å²) in [5.74, 6) is -1.47. The van der Waals surface area contributed by atoms with Crippen molar-refractivity contribution in [3.63, 3.8) is 0 Å². The van der Waals surface area contributed by atoms with Crippen LogP contribution in [0.3, 0.4) is 0 Å². The van der Waals surface area contributed by atoms with Gasteiger partial charge in [-0.25, -0.2) is 0 Å². The Hall–Kier alpha value is -0.674. The number of nitro groups is 1. The second-order valence-electron chi connectivity index (χ2n) is 2.77. The topological polar surface area (TPSA) is 102 Å². The van der Waals surface area contributed by atoms with E-state index in [9.17, 15) is 20.0 Å². The Labute approximate surface area is 139 Å². The number of benzene rings is 1. The zero-order valence-electron chi connectivity index (χ0n) is 9.55. The normalized spacial score (nSPS) is 9.06. The molecule has 0 N–H and O–H groups in total. The van der Waals surface area contributed by atoms with Crippen LogP contribution in [0.4, 0.5) is 5.69 Å². The third-order valence-corrected chi connectivity index (χ3v) is 1.92. The predicted octanol–water partition coefficient (Wildman–Crippen LogP) is -3.02. The van der Waals surface area contributed by atoms with Gasteiger partial charge in [-0.3, -0.25) is 10.1 Å². The van der Waals surface area contributed by atoms with Crippen LogP contribution in [0.15, 0.2) is 12.1 Å². The summed E-state index contributed by atoms with van der Waals surface area (Å²) in [7, 11) is 2.59. The molecule has 0 aliphatic rings. The minimum Gasteiger partial charge on any atom is -0.545 e. The number of nitro benzene ring substituents is 1. The minimum absolute atomic E-state index is 0. The third-order valence-electron chi connectivity index (χ3n) is 1.92. The van der Waals surface area contributed by atoms with Crippen LogP contribution in [-0.4, -0.2) is 25.1 Å². The van der Waals surface area contributed by atoms with Crippen molar-refractivity contribution in [1.82, 2.24) is 0 Å². The van der Waals surface area contributed by atoms with Gasteiger partial charge in [0, 0.05) is 0 Å². The second-order valence-corrected chi connectivity index (χ2v) is 2.77. The number of carboxylic acids is 1. The quantitative estimate of drug-likeness (QED) is 0.326. The molecule has 0 spiro atoms. The van der Waals surface area contributed by atoms with Crippen LogP contribution in [0.1, 0.15) is 10.4 Å². The number of hydrogen-bond donors (Lipinski definition) is 0. The minimum atomic E-state index is -1.65. The number of methoxy groups -OCH3 is 2. The summed E-state index contributed by atoms with van der Waals surface area (Å²) < 4.78 is 9.64. The summed E-state index contributed by atoms with van der Waals surface area (Å²) in [6, 6.07) is 1.97. The van der Waals surface area contributed by atoms with E-state index in [2.05, 4.69) is 0 Å². The van der Waals surface area contributed by atoms with E-state index in [1.807, 2.05) is 0 Å². The molecule has 8 heteroatoms. The summed E-state index contributed by atoms with van der Waals surface area (Å²) in [4.78, 5) is 20.5. The molecule has 86 valence electrons. The first-order valence-electron chi connectivity index (χ1n) is 4.13. The van der Waals surface area contributed by atoms with Crippen LogP contribution >= 0.6 is 0 Å². The Morgan fingerprint density at radius 2 is 1.71 bits per heavy atom. The number of aromatic carboxylic acids is 1. The Kier molecular flexibility index (Phi) is 6.64. The van der Waals surface area contributed by atoms with Crippen LogP contribution in [0, 0.1) is 10.1 Å². The Bertz CT molecular complexity index is 406. The molecule has 0 radical (unpaired) electrons. The van der Waals surface area contributed by atoms with Crippen LogP contribution in [0.25, 0.3) is 0 Å². The van der Waals surface area contributed by atoms with Gasteiger partial charge in [0.1, 0.15) is 0 Å². The zero-order chi connectivity index (χ0) is 12.3. The number of hydrogen-bond acceptors (Lipinski definition) is 6. The molecule has 1 aromatic carbocycles. The Morgan fingerprint density at radius 3 is 2.06 bits per heavy atom. The molecule has 0 bridgehead atoms. The van der Waals surface area contributed by atoms with Crippen LogP contribution < -0.4 is 66.0 Å². The molecule has 0 fully saturated rings. The van der Waals surface area contributed by atoms with Gasteiger partial charge in [-0.15, -0.1) is 0 Å². The van der Waals surface area contributed by atoms with Crippen molar-refractivity contribution in [3.05, 3.63) is 27.8 Å². The van der Waals surface area contributed by atoms with Crippen molar-refractivity contribution in [2.75, 3.05) is 14.2 Å². The molecule has 0 unspecified atom stereocenters. The van der Waals surface area contributed by atoms with E-state index >= 15 is 0 Å². The van der Waals surface area contributed by atoms with Crippen molar-refractivity contribution < 1.29 is 75.7 Å². The Balaban J connectivity index is 0.00000256. The van der Waals surface area contributed by atoms with Gasteiger partial charge < -0.3 is 19.4 Å². The largest absolute Gasteiger partial charge is 1.00 e. The van der Waals surface area contributed by atoms with Gasteiger partial charge in [-0.1, -0.05) is 0 Å². The van der Waals surface area contributed by atoms with Gasteiger partial charge in [0.15, 0.2) is 11.5 Å². The fraction of sp³-hybridized carbons (Fsp3) is 0.222. The van der Waals surface area contributed by atoms with Gasteiger partial charge in [0.25, 0.3) is 5.69 Å². The average Bonchev–Trinajstić information content (AvgIpc) is 2.26. The van der Waals surface area contributed by atoms with E-state index in [0.29, 0.717) is 0 Å². The fourth-order valence-electron chi connectivity index (χ4n) is 1.18. The molecule has 17 heavy (non-hydrogen) atoms. The summed E-state index contributed by atoms with van der Waals surface area (Å²) >= 11 is 0. The summed E-state index contributed by atoms with van der Waals surface area (Å²) in [6.45, 7) is 0. The number of carboxylic acid groups (broad SMARTS) is 1. The SMILES string of the molecule is COc1cc(C(=O)[O-])c([N+](=O)[O-])cc1OC.[K+]. The standard InChI is InChI=1S/C9H9NO6.K/c1-15-7-3-5(9(11)12)6(10(13)14)4-8(7)16-2;/h3-4H,1-2H3,(H,11,12);/q;+1/p-1. The number of carbonyl (C=O) groups excluding carboxylic acids is 1. The maximum Gasteiger partial charge on any atom is 1.00 e. The number of ether oxygens (including phenoxy) is 2. The summed E-state index contributed by atoms with van der Waals surface area (Å²) in [5.41, 5.74) is -1.15. The number of carbonyl (C=O) groups is 1. The number of rotatable bonds is 4. The molecule has 0 saturated carbocycles. The maximum atomic E-state index is 10.7.